The second kappa shape index (κ2) is 7.46. The van der Waals surface area contributed by atoms with Crippen LogP contribution in [0.15, 0.2) is 12.1 Å². The first kappa shape index (κ1) is 19.6. The van der Waals surface area contributed by atoms with E-state index in [9.17, 15) is 22.8 Å². The summed E-state index contributed by atoms with van der Waals surface area (Å²) in [5, 5.41) is 2.97. The van der Waals surface area contributed by atoms with Crippen molar-refractivity contribution in [1.29, 1.82) is 0 Å². The zero-order valence-corrected chi connectivity index (χ0v) is 15.3. The van der Waals surface area contributed by atoms with Crippen molar-refractivity contribution in [3.8, 4) is 0 Å². The maximum atomic E-state index is 12.7. The number of carbonyl (C=O) groups is 2. The molecule has 1 aromatic rings. The topological polar surface area (TPSA) is 65.5 Å². The number of halogens is 3. The molecule has 9 heteroatoms. The zero-order chi connectivity index (χ0) is 19.8. The third-order valence-electron chi connectivity index (χ3n) is 5.06. The number of nitrogens with zero attached hydrogens (tertiary/aromatic N) is 3. The van der Waals surface area contributed by atoms with Gasteiger partial charge in [0.15, 0.2) is 0 Å². The summed E-state index contributed by atoms with van der Waals surface area (Å²) >= 11 is 0. The number of carbonyl (C=O) groups excluding carboxylic acids is 2. The fourth-order valence-electron chi connectivity index (χ4n) is 3.14. The Bertz CT molecular complexity index is 726. The van der Waals surface area contributed by atoms with Crippen molar-refractivity contribution >= 4 is 11.8 Å². The zero-order valence-electron chi connectivity index (χ0n) is 15.3. The smallest absolute Gasteiger partial charge is 0.352 e. The molecule has 0 aromatic carbocycles. The summed E-state index contributed by atoms with van der Waals surface area (Å²) in [7, 11) is 0. The molecule has 1 atom stereocenters. The first-order chi connectivity index (χ1) is 12.7. The van der Waals surface area contributed by atoms with E-state index in [4.69, 9.17) is 0 Å². The van der Waals surface area contributed by atoms with E-state index in [2.05, 4.69) is 10.3 Å². The molecule has 148 valence electrons. The molecule has 1 saturated carbocycles. The molecule has 1 aromatic heterocycles. The molecule has 0 spiro atoms. The van der Waals surface area contributed by atoms with E-state index in [1.807, 2.05) is 11.8 Å². The van der Waals surface area contributed by atoms with Crippen LogP contribution in [0.3, 0.4) is 0 Å². The molecular formula is C18H23F3N4O2. The van der Waals surface area contributed by atoms with E-state index in [0.717, 1.165) is 18.9 Å². The number of alkyl halides is 3. The highest BCUT2D eigenvalue weighted by atomic mass is 19.4. The Hall–Kier alpha value is -2.16. The minimum atomic E-state index is -4.53. The van der Waals surface area contributed by atoms with E-state index in [0.29, 0.717) is 32.2 Å². The van der Waals surface area contributed by atoms with Crippen LogP contribution in [-0.4, -0.2) is 64.9 Å². The Morgan fingerprint density at radius 2 is 1.81 bits per heavy atom. The number of aromatic nitrogens is 1. The maximum absolute atomic E-state index is 12.7. The van der Waals surface area contributed by atoms with E-state index in [1.165, 1.54) is 13.0 Å². The summed E-state index contributed by atoms with van der Waals surface area (Å²) in [6.07, 6.45) is -2.47. The molecule has 1 saturated heterocycles. The highest BCUT2D eigenvalue weighted by Crippen LogP contribution is 2.28. The van der Waals surface area contributed by atoms with E-state index in [1.54, 1.807) is 4.90 Å². The Kier molecular flexibility index (Phi) is 5.41. The fourth-order valence-corrected chi connectivity index (χ4v) is 3.14. The number of pyridine rings is 1. The van der Waals surface area contributed by atoms with Gasteiger partial charge in [0.2, 0.25) is 5.91 Å². The van der Waals surface area contributed by atoms with Crippen molar-refractivity contribution in [3.63, 3.8) is 0 Å². The second-order valence-corrected chi connectivity index (χ2v) is 7.11. The van der Waals surface area contributed by atoms with Crippen LogP contribution < -0.4 is 5.32 Å². The van der Waals surface area contributed by atoms with Gasteiger partial charge in [-0.05, 0) is 38.8 Å². The minimum Gasteiger partial charge on any atom is -0.352 e. The molecule has 1 unspecified atom stereocenters. The number of aryl methyl sites for hydroxylation is 1. The summed E-state index contributed by atoms with van der Waals surface area (Å²) in [6, 6.07) is 2.06. The van der Waals surface area contributed by atoms with Crippen LogP contribution in [0.1, 0.15) is 41.5 Å². The Labute approximate surface area is 155 Å². The second-order valence-electron chi connectivity index (χ2n) is 7.11. The van der Waals surface area contributed by atoms with Gasteiger partial charge < -0.3 is 10.2 Å². The number of hydrogen-bond donors (Lipinski definition) is 1. The lowest BCUT2D eigenvalue weighted by Gasteiger charge is -2.37. The van der Waals surface area contributed by atoms with Crippen LogP contribution in [-0.2, 0) is 11.0 Å². The molecule has 1 N–H and O–H groups in total. The van der Waals surface area contributed by atoms with Crippen LogP contribution in [0.25, 0.3) is 0 Å². The molecular weight excluding hydrogens is 361 g/mol. The summed E-state index contributed by atoms with van der Waals surface area (Å²) in [5.41, 5.74) is -0.762. The van der Waals surface area contributed by atoms with Gasteiger partial charge in [-0.15, -0.1) is 0 Å². The van der Waals surface area contributed by atoms with Crippen LogP contribution in [0.5, 0.6) is 0 Å². The Balaban J connectivity index is 1.59. The van der Waals surface area contributed by atoms with Gasteiger partial charge in [0.1, 0.15) is 5.69 Å². The van der Waals surface area contributed by atoms with E-state index < -0.39 is 11.9 Å². The number of amides is 2. The predicted octanol–water partition coefficient (Wildman–Crippen LogP) is 1.83. The molecule has 6 nitrogen and oxygen atoms in total. The van der Waals surface area contributed by atoms with E-state index >= 15 is 0 Å². The quantitative estimate of drug-likeness (QED) is 0.860. The van der Waals surface area contributed by atoms with Crippen molar-refractivity contribution in [2.45, 2.75) is 44.9 Å². The van der Waals surface area contributed by atoms with Gasteiger partial charge in [-0.25, -0.2) is 4.98 Å². The van der Waals surface area contributed by atoms with Gasteiger partial charge in [0.05, 0.1) is 17.3 Å². The summed E-state index contributed by atoms with van der Waals surface area (Å²) in [5.74, 6) is -0.330. The van der Waals surface area contributed by atoms with Crippen LogP contribution in [0, 0.1) is 6.92 Å². The Morgan fingerprint density at radius 3 is 2.33 bits per heavy atom. The standard InChI is InChI=1S/C18H23F3N4O2/c1-11-14(5-6-15(22-11)18(19,20)21)17(27)25-9-7-24(8-10-25)12(2)16(26)23-13-3-4-13/h5-6,12-13H,3-4,7-10H2,1-2H3,(H,23,26). The van der Waals surface area contributed by atoms with Gasteiger partial charge >= 0.3 is 6.18 Å². The van der Waals surface area contributed by atoms with Gasteiger partial charge in [0, 0.05) is 32.2 Å². The lowest BCUT2D eigenvalue weighted by molar-refractivity contribution is -0.141. The van der Waals surface area contributed by atoms with Gasteiger partial charge in [0.25, 0.3) is 5.91 Å². The predicted molar refractivity (Wildman–Crippen MR) is 92.1 cm³/mol. The summed E-state index contributed by atoms with van der Waals surface area (Å²) < 4.78 is 38.2. The van der Waals surface area contributed by atoms with Crippen LogP contribution in [0.2, 0.25) is 0 Å². The highest BCUT2D eigenvalue weighted by Gasteiger charge is 2.34. The lowest BCUT2D eigenvalue weighted by atomic mass is 10.1. The van der Waals surface area contributed by atoms with Crippen molar-refractivity contribution in [2.24, 2.45) is 0 Å². The molecule has 0 radical (unpaired) electrons. The van der Waals surface area contributed by atoms with Crippen LogP contribution >= 0.6 is 0 Å². The monoisotopic (exact) mass is 384 g/mol. The van der Waals surface area contributed by atoms with Gasteiger partial charge in [-0.1, -0.05) is 0 Å². The Morgan fingerprint density at radius 1 is 1.19 bits per heavy atom. The first-order valence-corrected chi connectivity index (χ1v) is 9.05. The number of rotatable bonds is 4. The summed E-state index contributed by atoms with van der Waals surface area (Å²) in [6.45, 7) is 5.17. The minimum absolute atomic E-state index is 0.0000560. The largest absolute Gasteiger partial charge is 0.433 e. The molecule has 2 amide bonds. The fraction of sp³-hybridized carbons (Fsp3) is 0.611. The average molecular weight is 384 g/mol. The number of piperazine rings is 1. The number of nitrogens with one attached hydrogen (secondary N) is 1. The van der Waals surface area contributed by atoms with Gasteiger partial charge in [-0.3, -0.25) is 14.5 Å². The third kappa shape index (κ3) is 4.58. The molecule has 1 aliphatic carbocycles. The maximum Gasteiger partial charge on any atom is 0.433 e. The van der Waals surface area contributed by atoms with Crippen LogP contribution in [0.4, 0.5) is 13.2 Å². The molecule has 1 aliphatic heterocycles. The van der Waals surface area contributed by atoms with Crippen molar-refractivity contribution in [1.82, 2.24) is 20.1 Å². The first-order valence-electron chi connectivity index (χ1n) is 9.05. The molecule has 2 heterocycles. The third-order valence-corrected chi connectivity index (χ3v) is 5.06. The normalized spacial score (nSPS) is 19.7. The number of hydrogen-bond acceptors (Lipinski definition) is 4. The van der Waals surface area contributed by atoms with Crippen molar-refractivity contribution < 1.29 is 22.8 Å². The molecule has 2 aliphatic rings. The van der Waals surface area contributed by atoms with Crippen molar-refractivity contribution in [2.75, 3.05) is 26.2 Å². The van der Waals surface area contributed by atoms with E-state index in [-0.39, 0.29) is 29.1 Å². The van der Waals surface area contributed by atoms with Crippen molar-refractivity contribution in [3.05, 3.63) is 29.1 Å². The molecule has 27 heavy (non-hydrogen) atoms. The average Bonchev–Trinajstić information content (AvgIpc) is 3.43. The SMILES string of the molecule is Cc1nc(C(F)(F)F)ccc1C(=O)N1CCN(C(C)C(=O)NC2CC2)CC1. The molecule has 0 bridgehead atoms. The van der Waals surface area contributed by atoms with Gasteiger partial charge in [-0.2, -0.15) is 13.2 Å². The molecule has 2 fully saturated rings. The lowest BCUT2D eigenvalue weighted by Crippen LogP contribution is -2.55. The highest BCUT2D eigenvalue weighted by molar-refractivity contribution is 5.95. The molecule has 3 rings (SSSR count). The summed E-state index contributed by atoms with van der Waals surface area (Å²) in [4.78, 5) is 31.9.